The highest BCUT2D eigenvalue weighted by Gasteiger charge is 2.37. The molecule has 0 fully saturated rings. The molecule has 18 heavy (non-hydrogen) atoms. The summed E-state index contributed by atoms with van der Waals surface area (Å²) in [6.45, 7) is 0. The van der Waals surface area contributed by atoms with E-state index in [9.17, 15) is 18.0 Å². The van der Waals surface area contributed by atoms with Gasteiger partial charge in [-0.1, -0.05) is 12.1 Å². The van der Waals surface area contributed by atoms with Gasteiger partial charge >= 0.3 is 11.5 Å². The zero-order chi connectivity index (χ0) is 13.8. The molecule has 0 aromatic heterocycles. The number of alkyl halides is 3. The van der Waals surface area contributed by atoms with Crippen LogP contribution in [0.5, 0.6) is 5.75 Å². The molecule has 0 amide bonds. The molecule has 1 rings (SSSR count). The first-order valence-corrected chi connectivity index (χ1v) is 5.71. The van der Waals surface area contributed by atoms with Gasteiger partial charge in [0.25, 0.3) is 0 Å². The van der Waals surface area contributed by atoms with Gasteiger partial charge in [0, 0.05) is 0 Å². The Morgan fingerprint density at radius 1 is 1.22 bits per heavy atom. The number of carbonyl (C=O) groups is 1. The monoisotopic (exact) mass is 280 g/mol. The molecule has 0 aliphatic carbocycles. The van der Waals surface area contributed by atoms with Gasteiger partial charge in [0.05, 0.1) is 14.2 Å². The predicted octanol–water partition coefficient (Wildman–Crippen LogP) is 3.16. The van der Waals surface area contributed by atoms with E-state index in [2.05, 4.69) is 4.74 Å². The fourth-order valence-electron chi connectivity index (χ4n) is 1.27. The summed E-state index contributed by atoms with van der Waals surface area (Å²) in [4.78, 5) is 11.4. The summed E-state index contributed by atoms with van der Waals surface area (Å²) in [5.74, 6) is -0.443. The molecule has 0 bridgehead atoms. The van der Waals surface area contributed by atoms with Crippen molar-refractivity contribution < 1.29 is 27.4 Å². The van der Waals surface area contributed by atoms with Crippen molar-refractivity contribution in [3.05, 3.63) is 29.8 Å². The van der Waals surface area contributed by atoms with Crippen molar-refractivity contribution in [3.63, 3.8) is 0 Å². The van der Waals surface area contributed by atoms with Crippen molar-refractivity contribution in [2.24, 2.45) is 0 Å². The number of carbonyl (C=O) groups excluding carboxylic acids is 1. The third-order valence-electron chi connectivity index (χ3n) is 2.09. The minimum atomic E-state index is -4.52. The Labute approximate surface area is 106 Å². The first-order chi connectivity index (χ1) is 8.37. The van der Waals surface area contributed by atoms with E-state index in [-0.39, 0.29) is 5.56 Å². The average molecular weight is 280 g/mol. The second-order valence-electron chi connectivity index (χ2n) is 3.24. The SMILES string of the molecule is COC(=O)[C@@H](SC(F)(F)F)c1ccc(OC)cc1. The molecule has 0 aliphatic heterocycles. The lowest BCUT2D eigenvalue weighted by Gasteiger charge is -2.16. The number of hydrogen-bond acceptors (Lipinski definition) is 4. The molecule has 0 saturated heterocycles. The Hall–Kier alpha value is -1.37. The summed E-state index contributed by atoms with van der Waals surface area (Å²) in [7, 11) is 2.49. The highest BCUT2D eigenvalue weighted by molar-refractivity contribution is 8.01. The third-order valence-corrected chi connectivity index (χ3v) is 3.05. The maximum absolute atomic E-state index is 12.4. The molecule has 0 radical (unpaired) electrons. The Balaban J connectivity index is 2.97. The summed E-state index contributed by atoms with van der Waals surface area (Å²) in [6, 6.07) is 5.78. The molecule has 1 atom stereocenters. The van der Waals surface area contributed by atoms with Crippen LogP contribution in [0.2, 0.25) is 0 Å². The molecule has 0 spiro atoms. The molecule has 0 aliphatic rings. The molecule has 1 aromatic rings. The van der Waals surface area contributed by atoms with E-state index in [1.54, 1.807) is 0 Å². The van der Waals surface area contributed by atoms with E-state index < -0.39 is 28.5 Å². The Morgan fingerprint density at radius 2 is 1.78 bits per heavy atom. The van der Waals surface area contributed by atoms with E-state index in [0.29, 0.717) is 5.75 Å². The van der Waals surface area contributed by atoms with Crippen LogP contribution in [0, 0.1) is 0 Å². The van der Waals surface area contributed by atoms with Crippen LogP contribution in [-0.2, 0) is 9.53 Å². The number of benzene rings is 1. The second kappa shape index (κ2) is 5.99. The number of methoxy groups -OCH3 is 2. The van der Waals surface area contributed by atoms with Gasteiger partial charge in [-0.05, 0) is 29.5 Å². The molecular weight excluding hydrogens is 269 g/mol. The lowest BCUT2D eigenvalue weighted by atomic mass is 10.1. The van der Waals surface area contributed by atoms with Crippen molar-refractivity contribution in [1.82, 2.24) is 0 Å². The summed E-state index contributed by atoms with van der Waals surface area (Å²) in [6.07, 6.45) is 0. The summed E-state index contributed by atoms with van der Waals surface area (Å²) >= 11 is -0.414. The molecule has 1 aromatic carbocycles. The second-order valence-corrected chi connectivity index (χ2v) is 4.41. The number of esters is 1. The quantitative estimate of drug-likeness (QED) is 0.794. The van der Waals surface area contributed by atoms with Crippen molar-refractivity contribution in [1.29, 1.82) is 0 Å². The van der Waals surface area contributed by atoms with Crippen LogP contribution in [0.4, 0.5) is 13.2 Å². The summed E-state index contributed by atoms with van der Waals surface area (Å²) in [5, 5.41) is -1.43. The minimum absolute atomic E-state index is 0.213. The van der Waals surface area contributed by atoms with Gasteiger partial charge in [-0.25, -0.2) is 0 Å². The van der Waals surface area contributed by atoms with E-state index >= 15 is 0 Å². The maximum atomic E-state index is 12.4. The normalized spacial score (nSPS) is 12.9. The predicted molar refractivity (Wildman–Crippen MR) is 61.4 cm³/mol. The number of halogens is 3. The van der Waals surface area contributed by atoms with Crippen LogP contribution < -0.4 is 4.74 Å². The number of thioether (sulfide) groups is 1. The van der Waals surface area contributed by atoms with Crippen LogP contribution in [0.3, 0.4) is 0 Å². The highest BCUT2D eigenvalue weighted by atomic mass is 32.2. The van der Waals surface area contributed by atoms with Crippen LogP contribution in [0.15, 0.2) is 24.3 Å². The van der Waals surface area contributed by atoms with Gasteiger partial charge < -0.3 is 9.47 Å². The van der Waals surface area contributed by atoms with E-state index in [1.165, 1.54) is 31.4 Å². The first-order valence-electron chi connectivity index (χ1n) is 4.83. The lowest BCUT2D eigenvalue weighted by Crippen LogP contribution is -2.16. The Morgan fingerprint density at radius 3 is 2.17 bits per heavy atom. The fraction of sp³-hybridized carbons (Fsp3) is 0.364. The molecule has 0 heterocycles. The van der Waals surface area contributed by atoms with Crippen LogP contribution >= 0.6 is 11.8 Å². The number of rotatable bonds is 4. The molecule has 0 saturated carbocycles. The van der Waals surface area contributed by atoms with Crippen LogP contribution in [0.25, 0.3) is 0 Å². The fourth-order valence-corrected chi connectivity index (χ4v) is 2.02. The summed E-state index contributed by atoms with van der Waals surface area (Å²) < 4.78 is 46.4. The first kappa shape index (κ1) is 14.7. The largest absolute Gasteiger partial charge is 0.497 e. The van der Waals surface area contributed by atoms with Gasteiger partial charge in [-0.2, -0.15) is 13.2 Å². The van der Waals surface area contributed by atoms with Crippen LogP contribution in [-0.4, -0.2) is 25.7 Å². The van der Waals surface area contributed by atoms with E-state index in [0.717, 1.165) is 7.11 Å². The third kappa shape index (κ3) is 4.14. The highest BCUT2D eigenvalue weighted by Crippen LogP contribution is 2.42. The standard InChI is InChI=1S/C11H11F3O3S/c1-16-8-5-3-7(4-6-8)9(10(15)17-2)18-11(12,13)14/h3-6,9H,1-2H3/t9-/m0/s1. The minimum Gasteiger partial charge on any atom is -0.497 e. The summed E-state index contributed by atoms with van der Waals surface area (Å²) in [5.41, 5.74) is -4.30. The Bertz CT molecular complexity index is 403. The van der Waals surface area contributed by atoms with Gasteiger partial charge in [0.15, 0.2) is 0 Å². The zero-order valence-electron chi connectivity index (χ0n) is 9.65. The van der Waals surface area contributed by atoms with Gasteiger partial charge in [0.1, 0.15) is 11.0 Å². The molecule has 0 N–H and O–H groups in total. The molecular formula is C11H11F3O3S. The van der Waals surface area contributed by atoms with Crippen molar-refractivity contribution in [3.8, 4) is 5.75 Å². The zero-order valence-corrected chi connectivity index (χ0v) is 10.5. The molecule has 0 unspecified atom stereocenters. The average Bonchev–Trinajstić information content (AvgIpc) is 2.34. The molecule has 7 heteroatoms. The molecule has 3 nitrogen and oxygen atoms in total. The van der Waals surface area contributed by atoms with E-state index in [4.69, 9.17) is 4.74 Å². The van der Waals surface area contributed by atoms with E-state index in [1.807, 2.05) is 0 Å². The number of ether oxygens (including phenoxy) is 2. The topological polar surface area (TPSA) is 35.5 Å². The smallest absolute Gasteiger partial charge is 0.442 e. The molecule has 100 valence electrons. The van der Waals surface area contributed by atoms with Crippen molar-refractivity contribution in [2.75, 3.05) is 14.2 Å². The maximum Gasteiger partial charge on any atom is 0.442 e. The van der Waals surface area contributed by atoms with Crippen molar-refractivity contribution in [2.45, 2.75) is 10.8 Å². The van der Waals surface area contributed by atoms with Crippen LogP contribution in [0.1, 0.15) is 10.8 Å². The van der Waals surface area contributed by atoms with Gasteiger partial charge in [-0.3, -0.25) is 4.79 Å². The Kier molecular flexibility index (Phi) is 4.89. The van der Waals surface area contributed by atoms with Crippen molar-refractivity contribution >= 4 is 17.7 Å². The number of hydrogen-bond donors (Lipinski definition) is 0. The lowest BCUT2D eigenvalue weighted by molar-refractivity contribution is -0.140. The van der Waals surface area contributed by atoms with Gasteiger partial charge in [0.2, 0.25) is 0 Å². The van der Waals surface area contributed by atoms with Gasteiger partial charge in [-0.15, -0.1) is 0 Å².